The van der Waals surface area contributed by atoms with E-state index in [1.54, 1.807) is 0 Å². The first-order chi connectivity index (χ1) is 13.1. The highest BCUT2D eigenvalue weighted by atomic mass is 32.2. The Morgan fingerprint density at radius 1 is 1.14 bits per heavy atom. The van der Waals surface area contributed by atoms with E-state index in [1.165, 1.54) is 10.6 Å². The second kappa shape index (κ2) is 9.62. The van der Waals surface area contributed by atoms with Crippen molar-refractivity contribution in [3.05, 3.63) is 54.1 Å². The Balaban J connectivity index is 0.000000345. The molecular weight excluding hydrogens is 364 g/mol. The number of aldehydes is 1. The van der Waals surface area contributed by atoms with Gasteiger partial charge in [-0.3, -0.25) is 4.79 Å². The second-order valence-corrected chi connectivity index (χ2v) is 10.8. The summed E-state index contributed by atoms with van der Waals surface area (Å²) in [6, 6.07) is 16.4. The van der Waals surface area contributed by atoms with Crippen LogP contribution in [0.4, 0.5) is 11.4 Å². The van der Waals surface area contributed by atoms with Crippen molar-refractivity contribution < 1.29 is 4.79 Å². The number of rotatable bonds is 3. The van der Waals surface area contributed by atoms with E-state index < -0.39 is 0 Å². The predicted molar refractivity (Wildman–Crippen MR) is 123 cm³/mol. The Labute approximate surface area is 174 Å². The molecule has 3 rings (SSSR count). The lowest BCUT2D eigenvalue weighted by atomic mass is 9.97. The normalized spacial score (nSPS) is 15.7. The van der Waals surface area contributed by atoms with Crippen molar-refractivity contribution in [1.82, 2.24) is 5.32 Å². The van der Waals surface area contributed by atoms with E-state index in [0.717, 1.165) is 37.0 Å². The average Bonchev–Trinajstić information content (AvgIpc) is 2.76. The molecule has 1 aliphatic heterocycles. The van der Waals surface area contributed by atoms with Crippen LogP contribution in [0.25, 0.3) is 0 Å². The van der Waals surface area contributed by atoms with Gasteiger partial charge in [0.05, 0.1) is 5.69 Å². The summed E-state index contributed by atoms with van der Waals surface area (Å²) in [4.78, 5) is 14.7. The molecule has 0 radical (unpaired) electrons. The number of nitrogens with zero attached hydrogens (tertiary/aromatic N) is 1. The number of hydrogen-bond donors (Lipinski definition) is 1. The van der Waals surface area contributed by atoms with Gasteiger partial charge in [0.1, 0.15) is 6.29 Å². The first-order valence-electron chi connectivity index (χ1n) is 9.91. The van der Waals surface area contributed by atoms with Crippen LogP contribution in [0.5, 0.6) is 0 Å². The Hall–Kier alpha value is -1.78. The van der Waals surface area contributed by atoms with E-state index in [9.17, 15) is 4.79 Å². The smallest absolute Gasteiger partial charge is 0.150 e. The standard InChI is InChI=1S/C18H19NOS.C6H15N/c1-18(2)10-11-19(15-6-4-3-5-7-15)16-12-14(13-20)8-9-17(16)21-18;1-6(2,3)5-7-4/h3-9,12-13H,10-11H2,1-2H3;7H,5H2,1-4H3. The molecule has 152 valence electrons. The van der Waals surface area contributed by atoms with Crippen molar-refractivity contribution >= 4 is 29.4 Å². The fraction of sp³-hybridized carbons (Fsp3) is 0.458. The number of carbonyl (C=O) groups is 1. The van der Waals surface area contributed by atoms with Gasteiger partial charge in [-0.2, -0.15) is 0 Å². The zero-order valence-corrected chi connectivity index (χ0v) is 18.9. The van der Waals surface area contributed by atoms with Gasteiger partial charge in [-0.1, -0.05) is 58.9 Å². The van der Waals surface area contributed by atoms with Gasteiger partial charge in [0.25, 0.3) is 0 Å². The Morgan fingerprint density at radius 2 is 1.82 bits per heavy atom. The van der Waals surface area contributed by atoms with Gasteiger partial charge in [-0.05, 0) is 49.7 Å². The molecule has 0 amide bonds. The van der Waals surface area contributed by atoms with E-state index in [1.807, 2.05) is 37.0 Å². The second-order valence-electron chi connectivity index (χ2n) is 9.03. The van der Waals surface area contributed by atoms with Gasteiger partial charge in [0, 0.05) is 27.4 Å². The fourth-order valence-corrected chi connectivity index (χ4v) is 4.36. The monoisotopic (exact) mass is 398 g/mol. The lowest BCUT2D eigenvalue weighted by Gasteiger charge is -2.25. The molecular formula is C24H34N2OS. The molecule has 28 heavy (non-hydrogen) atoms. The number of carbonyl (C=O) groups excluding carboxylic acids is 1. The van der Waals surface area contributed by atoms with Crippen LogP contribution < -0.4 is 10.2 Å². The molecule has 0 aliphatic carbocycles. The van der Waals surface area contributed by atoms with Crippen molar-refractivity contribution in [2.45, 2.75) is 50.7 Å². The van der Waals surface area contributed by atoms with Gasteiger partial charge in [-0.25, -0.2) is 0 Å². The number of hydrogen-bond acceptors (Lipinski definition) is 4. The molecule has 0 spiro atoms. The number of thioether (sulfide) groups is 1. The largest absolute Gasteiger partial charge is 0.341 e. The van der Waals surface area contributed by atoms with Gasteiger partial charge < -0.3 is 10.2 Å². The van der Waals surface area contributed by atoms with Gasteiger partial charge in [0.2, 0.25) is 0 Å². The Morgan fingerprint density at radius 3 is 2.36 bits per heavy atom. The van der Waals surface area contributed by atoms with Crippen molar-refractivity contribution in [1.29, 1.82) is 0 Å². The molecule has 0 fully saturated rings. The summed E-state index contributed by atoms with van der Waals surface area (Å²) in [6.45, 7) is 13.2. The molecule has 2 aromatic rings. The molecule has 4 heteroatoms. The minimum absolute atomic E-state index is 0.195. The van der Waals surface area contributed by atoms with Crippen LogP contribution >= 0.6 is 11.8 Å². The maximum Gasteiger partial charge on any atom is 0.150 e. The SMILES string of the molecule is CC1(C)CCN(c2ccccc2)c2cc(C=O)ccc2S1.CNCC(C)(C)C. The highest BCUT2D eigenvalue weighted by Crippen LogP contribution is 2.45. The minimum atomic E-state index is 0.195. The van der Waals surface area contributed by atoms with Crippen LogP contribution in [0.2, 0.25) is 0 Å². The highest BCUT2D eigenvalue weighted by molar-refractivity contribution is 8.00. The zero-order valence-electron chi connectivity index (χ0n) is 18.1. The molecule has 2 aromatic carbocycles. The molecule has 1 N–H and O–H groups in total. The molecule has 1 heterocycles. The quantitative estimate of drug-likeness (QED) is 0.627. The third-order valence-electron chi connectivity index (χ3n) is 4.51. The molecule has 0 bridgehead atoms. The topological polar surface area (TPSA) is 32.3 Å². The van der Waals surface area contributed by atoms with Crippen LogP contribution in [-0.2, 0) is 0 Å². The summed E-state index contributed by atoms with van der Waals surface area (Å²) in [5.41, 5.74) is 3.49. The van der Waals surface area contributed by atoms with Gasteiger partial charge in [-0.15, -0.1) is 11.8 Å². The third-order valence-corrected chi connectivity index (χ3v) is 5.83. The van der Waals surface area contributed by atoms with E-state index >= 15 is 0 Å². The molecule has 0 aromatic heterocycles. The number of nitrogens with one attached hydrogen (secondary N) is 1. The summed E-state index contributed by atoms with van der Waals surface area (Å²) in [5.74, 6) is 0. The number of fused-ring (bicyclic) bond motifs is 1. The molecule has 0 atom stereocenters. The first kappa shape index (κ1) is 22.5. The van der Waals surface area contributed by atoms with E-state index in [2.05, 4.69) is 75.2 Å². The first-order valence-corrected chi connectivity index (χ1v) is 10.7. The summed E-state index contributed by atoms with van der Waals surface area (Å²) < 4.78 is 0.195. The molecule has 0 saturated heterocycles. The van der Waals surface area contributed by atoms with Crippen LogP contribution in [0.3, 0.4) is 0 Å². The average molecular weight is 399 g/mol. The number of benzene rings is 2. The van der Waals surface area contributed by atoms with Crippen molar-refractivity contribution in [2.75, 3.05) is 25.0 Å². The summed E-state index contributed by atoms with van der Waals surface area (Å²) in [6.07, 6.45) is 2.02. The molecule has 3 nitrogen and oxygen atoms in total. The van der Waals surface area contributed by atoms with Crippen LogP contribution in [0.15, 0.2) is 53.4 Å². The number of anilines is 2. The minimum Gasteiger partial charge on any atom is -0.341 e. The maximum atomic E-state index is 11.1. The molecule has 0 saturated carbocycles. The Kier molecular flexibility index (Phi) is 7.73. The van der Waals surface area contributed by atoms with Crippen LogP contribution in [0.1, 0.15) is 51.4 Å². The summed E-state index contributed by atoms with van der Waals surface area (Å²) in [5, 5.41) is 3.11. The zero-order chi connectivity index (χ0) is 20.8. The molecule has 0 unspecified atom stereocenters. The molecule has 1 aliphatic rings. The van der Waals surface area contributed by atoms with E-state index in [4.69, 9.17) is 0 Å². The number of para-hydroxylation sites is 1. The summed E-state index contributed by atoms with van der Waals surface area (Å²) in [7, 11) is 1.98. The predicted octanol–water partition coefficient (Wildman–Crippen LogP) is 6.16. The van der Waals surface area contributed by atoms with Crippen molar-refractivity contribution in [3.63, 3.8) is 0 Å². The van der Waals surface area contributed by atoms with Crippen LogP contribution in [0, 0.1) is 5.41 Å². The lowest BCUT2D eigenvalue weighted by Crippen LogP contribution is -2.23. The van der Waals surface area contributed by atoms with Gasteiger partial charge >= 0.3 is 0 Å². The highest BCUT2D eigenvalue weighted by Gasteiger charge is 2.28. The summed E-state index contributed by atoms with van der Waals surface area (Å²) >= 11 is 1.90. The van der Waals surface area contributed by atoms with Gasteiger partial charge in [0.15, 0.2) is 0 Å². The van der Waals surface area contributed by atoms with E-state index in [0.29, 0.717) is 5.41 Å². The fourth-order valence-electron chi connectivity index (χ4n) is 3.16. The van der Waals surface area contributed by atoms with Crippen LogP contribution in [-0.4, -0.2) is 31.2 Å². The Bertz CT molecular complexity index is 766. The van der Waals surface area contributed by atoms with Crippen molar-refractivity contribution in [2.24, 2.45) is 5.41 Å². The van der Waals surface area contributed by atoms with E-state index in [-0.39, 0.29) is 4.75 Å². The maximum absolute atomic E-state index is 11.1. The third kappa shape index (κ3) is 6.68. The lowest BCUT2D eigenvalue weighted by molar-refractivity contribution is 0.112. The van der Waals surface area contributed by atoms with Crippen molar-refractivity contribution in [3.8, 4) is 0 Å².